The first kappa shape index (κ1) is 18.4. The lowest BCUT2D eigenvalue weighted by molar-refractivity contribution is 0.409. The fourth-order valence-electron chi connectivity index (χ4n) is 4.35. The quantitative estimate of drug-likeness (QED) is 0.423. The molecule has 0 saturated carbocycles. The minimum absolute atomic E-state index is 0.127. The molecule has 7 nitrogen and oxygen atoms in total. The normalized spacial score (nSPS) is 16.0. The molecule has 5 rings (SSSR count). The van der Waals surface area contributed by atoms with Crippen molar-refractivity contribution in [1.82, 2.24) is 19.9 Å². The Bertz CT molecular complexity index is 1360. The smallest absolute Gasteiger partial charge is 0.335 e. The summed E-state index contributed by atoms with van der Waals surface area (Å²) in [5, 5.41) is 15.5. The van der Waals surface area contributed by atoms with E-state index in [2.05, 4.69) is 15.3 Å². The van der Waals surface area contributed by atoms with Gasteiger partial charge in [0.2, 0.25) is 5.88 Å². The van der Waals surface area contributed by atoms with E-state index < -0.39 is 17.3 Å². The van der Waals surface area contributed by atoms with Gasteiger partial charge in [0.25, 0.3) is 5.56 Å². The Morgan fingerprint density at radius 3 is 2.60 bits per heavy atom. The Labute approximate surface area is 172 Å². The van der Waals surface area contributed by atoms with Crippen molar-refractivity contribution in [2.24, 2.45) is 0 Å². The van der Waals surface area contributed by atoms with Crippen molar-refractivity contribution in [3.8, 4) is 11.6 Å². The Kier molecular flexibility index (Phi) is 4.33. The molecule has 1 atom stereocenters. The molecular weight excluding hydrogens is 380 g/mol. The van der Waals surface area contributed by atoms with Gasteiger partial charge in [0.15, 0.2) is 0 Å². The number of aromatic amines is 2. The predicted octanol–water partition coefficient (Wildman–Crippen LogP) is 2.51. The van der Waals surface area contributed by atoms with Crippen molar-refractivity contribution in [2.75, 3.05) is 6.54 Å². The maximum atomic E-state index is 12.8. The number of benzene rings is 2. The molecule has 2 aromatic heterocycles. The van der Waals surface area contributed by atoms with Crippen LogP contribution in [-0.2, 0) is 12.8 Å². The van der Waals surface area contributed by atoms with Crippen LogP contribution in [0.2, 0.25) is 0 Å². The second-order valence-corrected chi connectivity index (χ2v) is 7.55. The van der Waals surface area contributed by atoms with Gasteiger partial charge in [0, 0.05) is 23.1 Å². The minimum Gasteiger partial charge on any atom is -0.494 e. The van der Waals surface area contributed by atoms with E-state index >= 15 is 0 Å². The van der Waals surface area contributed by atoms with Gasteiger partial charge in [-0.2, -0.15) is 0 Å². The third kappa shape index (κ3) is 2.78. The molecule has 0 saturated heterocycles. The molecule has 0 radical (unpaired) electrons. The summed E-state index contributed by atoms with van der Waals surface area (Å²) < 4.78 is 1.15. The molecule has 0 fully saturated rings. The lowest BCUT2D eigenvalue weighted by Gasteiger charge is -2.25. The summed E-state index contributed by atoms with van der Waals surface area (Å²) in [6, 6.07) is 14.8. The summed E-state index contributed by atoms with van der Waals surface area (Å²) in [4.78, 5) is 31.1. The molecule has 152 valence electrons. The molecule has 4 N–H and O–H groups in total. The van der Waals surface area contributed by atoms with Crippen molar-refractivity contribution < 1.29 is 5.11 Å². The highest BCUT2D eigenvalue weighted by Gasteiger charge is 2.31. The molecule has 7 heteroatoms. The summed E-state index contributed by atoms with van der Waals surface area (Å²) in [6.07, 6.45) is 1.68. The maximum Gasteiger partial charge on any atom is 0.335 e. The molecule has 0 aliphatic carbocycles. The topological polar surface area (TPSA) is 103 Å². The highest BCUT2D eigenvalue weighted by Crippen LogP contribution is 2.35. The maximum absolute atomic E-state index is 12.8. The minimum atomic E-state index is -0.668. The zero-order valence-electron chi connectivity index (χ0n) is 16.5. The van der Waals surface area contributed by atoms with E-state index in [1.54, 1.807) is 12.1 Å². The summed E-state index contributed by atoms with van der Waals surface area (Å²) in [5.41, 5.74) is 3.43. The molecule has 2 aromatic carbocycles. The predicted molar refractivity (Wildman–Crippen MR) is 116 cm³/mol. The monoisotopic (exact) mass is 402 g/mol. The molecule has 0 unspecified atom stereocenters. The Morgan fingerprint density at radius 2 is 1.83 bits per heavy atom. The zero-order valence-corrected chi connectivity index (χ0v) is 16.5. The molecule has 0 bridgehead atoms. The molecule has 0 spiro atoms. The van der Waals surface area contributed by atoms with Gasteiger partial charge in [-0.25, -0.2) is 9.36 Å². The van der Waals surface area contributed by atoms with Crippen LogP contribution in [0.5, 0.6) is 5.88 Å². The van der Waals surface area contributed by atoms with Crippen LogP contribution < -0.4 is 16.6 Å². The lowest BCUT2D eigenvalue weighted by Crippen LogP contribution is -2.38. The number of aryl methyl sites for hydroxylation is 1. The van der Waals surface area contributed by atoms with Crippen LogP contribution in [0.3, 0.4) is 0 Å². The van der Waals surface area contributed by atoms with Gasteiger partial charge < -0.3 is 15.4 Å². The van der Waals surface area contributed by atoms with Crippen LogP contribution in [0, 0.1) is 0 Å². The summed E-state index contributed by atoms with van der Waals surface area (Å²) in [6.45, 7) is 2.70. The number of H-pyrrole nitrogens is 2. The van der Waals surface area contributed by atoms with Crippen molar-refractivity contribution in [2.45, 2.75) is 25.8 Å². The van der Waals surface area contributed by atoms with Crippen LogP contribution >= 0.6 is 0 Å². The van der Waals surface area contributed by atoms with Gasteiger partial charge in [-0.15, -0.1) is 0 Å². The Balaban J connectivity index is 1.71. The fraction of sp³-hybridized carbons (Fsp3) is 0.217. The zero-order chi connectivity index (χ0) is 20.8. The Morgan fingerprint density at radius 1 is 1.07 bits per heavy atom. The second-order valence-electron chi connectivity index (χ2n) is 7.55. The first-order valence-electron chi connectivity index (χ1n) is 10.1. The number of hydrogen-bond acceptors (Lipinski definition) is 4. The van der Waals surface area contributed by atoms with E-state index in [-0.39, 0.29) is 11.4 Å². The van der Waals surface area contributed by atoms with Crippen LogP contribution in [0.4, 0.5) is 0 Å². The molecule has 30 heavy (non-hydrogen) atoms. The SMILES string of the molecule is CCc1ccc(-n2c(O)c([C@@H]3NCCc4c3[nH]c3ccccc43)c(=O)[nH]c2=O)cc1. The average Bonchev–Trinajstić information content (AvgIpc) is 3.13. The van der Waals surface area contributed by atoms with Crippen molar-refractivity contribution in [3.05, 3.63) is 91.8 Å². The third-order valence-corrected chi connectivity index (χ3v) is 5.87. The lowest BCUT2D eigenvalue weighted by atomic mass is 9.95. The van der Waals surface area contributed by atoms with Gasteiger partial charge in [0.1, 0.15) is 5.56 Å². The molecule has 4 aromatic rings. The number of nitrogens with one attached hydrogen (secondary N) is 3. The number of para-hydroxylation sites is 1. The summed E-state index contributed by atoms with van der Waals surface area (Å²) in [7, 11) is 0. The first-order valence-corrected chi connectivity index (χ1v) is 10.1. The van der Waals surface area contributed by atoms with E-state index in [1.165, 1.54) is 0 Å². The van der Waals surface area contributed by atoms with Crippen LogP contribution in [-0.4, -0.2) is 26.2 Å². The number of fused-ring (bicyclic) bond motifs is 3. The molecule has 3 heterocycles. The standard InChI is InChI=1S/C23H22N4O3/c1-2-13-7-9-14(10-8-13)27-22(29)18(21(28)26-23(27)30)20-19-16(11-12-24-20)15-5-3-4-6-17(15)25-19/h3-10,20,24-25,29H,2,11-12H2,1H3,(H,26,28,30)/t20-/m0/s1. The second kappa shape index (κ2) is 7.03. The van der Waals surface area contributed by atoms with Gasteiger partial charge in [-0.05, 0) is 42.2 Å². The number of rotatable bonds is 3. The van der Waals surface area contributed by atoms with Crippen molar-refractivity contribution in [3.63, 3.8) is 0 Å². The van der Waals surface area contributed by atoms with Gasteiger partial charge in [-0.3, -0.25) is 9.78 Å². The third-order valence-electron chi connectivity index (χ3n) is 5.87. The highest BCUT2D eigenvalue weighted by atomic mass is 16.3. The summed E-state index contributed by atoms with van der Waals surface area (Å²) >= 11 is 0. The van der Waals surface area contributed by atoms with Gasteiger partial charge in [0.05, 0.1) is 11.7 Å². The van der Waals surface area contributed by atoms with Crippen LogP contribution in [0.25, 0.3) is 16.6 Å². The number of aromatic nitrogens is 3. The molecule has 1 aliphatic heterocycles. The van der Waals surface area contributed by atoms with Gasteiger partial charge in [-0.1, -0.05) is 37.3 Å². The number of hydrogen-bond donors (Lipinski definition) is 4. The summed E-state index contributed by atoms with van der Waals surface area (Å²) in [5.74, 6) is -0.350. The van der Waals surface area contributed by atoms with Crippen molar-refractivity contribution in [1.29, 1.82) is 0 Å². The Hall–Kier alpha value is -3.58. The largest absolute Gasteiger partial charge is 0.494 e. The van der Waals surface area contributed by atoms with E-state index in [9.17, 15) is 14.7 Å². The van der Waals surface area contributed by atoms with Crippen LogP contribution in [0.15, 0.2) is 58.1 Å². The van der Waals surface area contributed by atoms with Gasteiger partial charge >= 0.3 is 5.69 Å². The van der Waals surface area contributed by atoms with Crippen molar-refractivity contribution >= 4 is 10.9 Å². The van der Waals surface area contributed by atoms with E-state index in [0.717, 1.165) is 45.1 Å². The average molecular weight is 402 g/mol. The first-order chi connectivity index (χ1) is 14.6. The number of aromatic hydroxyl groups is 1. The molecule has 1 aliphatic rings. The molecule has 0 amide bonds. The number of nitrogens with zero attached hydrogens (tertiary/aromatic N) is 1. The van der Waals surface area contributed by atoms with E-state index in [4.69, 9.17) is 0 Å². The highest BCUT2D eigenvalue weighted by molar-refractivity contribution is 5.85. The van der Waals surface area contributed by atoms with Crippen LogP contribution in [0.1, 0.15) is 35.3 Å². The fourth-order valence-corrected chi connectivity index (χ4v) is 4.35. The molecular formula is C23H22N4O3. The van der Waals surface area contributed by atoms with E-state index in [1.807, 2.05) is 43.3 Å². The van der Waals surface area contributed by atoms with E-state index in [0.29, 0.717) is 12.2 Å².